The van der Waals surface area contributed by atoms with Crippen molar-refractivity contribution in [2.45, 2.75) is 24.9 Å². The summed E-state index contributed by atoms with van der Waals surface area (Å²) in [4.78, 5) is 27.2. The fraction of sp³-hybridized carbons (Fsp3) is 0.360. The van der Waals surface area contributed by atoms with Gasteiger partial charge in [0.15, 0.2) is 23.9 Å². The summed E-state index contributed by atoms with van der Waals surface area (Å²) in [5.41, 5.74) is -0.0132. The summed E-state index contributed by atoms with van der Waals surface area (Å²) in [6.45, 7) is 4.94. The molecule has 2 heterocycles. The summed E-state index contributed by atoms with van der Waals surface area (Å²) < 4.78 is 22.8. The molecule has 0 aliphatic carbocycles. The number of hydrogen-bond acceptors (Lipinski definition) is 6. The molecule has 32 heavy (non-hydrogen) atoms. The number of fused-ring (bicyclic) bond motifs is 1. The SMILES string of the molecule is C=CCOc1ccccc1OCC(=O)N1CCC2(CC1)CC(=O)c1cc(OC)ccc1O2. The van der Waals surface area contributed by atoms with E-state index >= 15 is 0 Å². The van der Waals surface area contributed by atoms with Gasteiger partial charge in [-0.3, -0.25) is 9.59 Å². The molecule has 2 aromatic rings. The zero-order valence-electron chi connectivity index (χ0n) is 18.2. The molecule has 1 fully saturated rings. The topological polar surface area (TPSA) is 74.3 Å². The van der Waals surface area contributed by atoms with Crippen LogP contribution in [0.25, 0.3) is 0 Å². The minimum Gasteiger partial charge on any atom is -0.497 e. The number of piperidine rings is 1. The Balaban J connectivity index is 1.34. The van der Waals surface area contributed by atoms with E-state index in [1.807, 2.05) is 12.1 Å². The first-order valence-electron chi connectivity index (χ1n) is 10.7. The van der Waals surface area contributed by atoms with E-state index in [1.165, 1.54) is 0 Å². The van der Waals surface area contributed by atoms with Gasteiger partial charge in [-0.2, -0.15) is 0 Å². The lowest BCUT2D eigenvalue weighted by molar-refractivity contribution is -0.136. The third-order valence-electron chi connectivity index (χ3n) is 5.88. The molecule has 0 radical (unpaired) electrons. The number of benzene rings is 2. The number of carbonyl (C=O) groups is 2. The molecule has 0 atom stereocenters. The van der Waals surface area contributed by atoms with E-state index in [-0.39, 0.29) is 18.3 Å². The van der Waals surface area contributed by atoms with Crippen molar-refractivity contribution in [2.24, 2.45) is 0 Å². The number of nitrogens with zero attached hydrogens (tertiary/aromatic N) is 1. The smallest absolute Gasteiger partial charge is 0.260 e. The van der Waals surface area contributed by atoms with E-state index in [9.17, 15) is 9.59 Å². The number of likely N-dealkylation sites (tertiary alicyclic amines) is 1. The molecule has 0 N–H and O–H groups in total. The largest absolute Gasteiger partial charge is 0.497 e. The fourth-order valence-corrected chi connectivity index (χ4v) is 4.11. The molecule has 1 spiro atoms. The van der Waals surface area contributed by atoms with Crippen molar-refractivity contribution >= 4 is 11.7 Å². The minimum atomic E-state index is -0.568. The van der Waals surface area contributed by atoms with Gasteiger partial charge in [-0.25, -0.2) is 0 Å². The van der Waals surface area contributed by atoms with Gasteiger partial charge in [-0.15, -0.1) is 0 Å². The minimum absolute atomic E-state index is 0.0457. The first kappa shape index (κ1) is 21.7. The highest BCUT2D eigenvalue weighted by atomic mass is 16.5. The van der Waals surface area contributed by atoms with Crippen molar-refractivity contribution in [1.82, 2.24) is 4.90 Å². The average Bonchev–Trinajstić information content (AvgIpc) is 2.82. The quantitative estimate of drug-likeness (QED) is 0.616. The second-order valence-electron chi connectivity index (χ2n) is 7.96. The van der Waals surface area contributed by atoms with Gasteiger partial charge in [-0.05, 0) is 30.3 Å². The Morgan fingerprint density at radius 3 is 2.56 bits per heavy atom. The van der Waals surface area contributed by atoms with E-state index in [0.29, 0.717) is 67.5 Å². The molecule has 2 aliphatic rings. The van der Waals surface area contributed by atoms with Crippen LogP contribution in [0.1, 0.15) is 29.6 Å². The molecule has 0 unspecified atom stereocenters. The molecule has 2 aliphatic heterocycles. The second-order valence-corrected chi connectivity index (χ2v) is 7.96. The van der Waals surface area contributed by atoms with Crippen LogP contribution in [0.3, 0.4) is 0 Å². The predicted octanol–water partition coefficient (Wildman–Crippen LogP) is 3.67. The molecule has 7 nitrogen and oxygen atoms in total. The molecule has 4 rings (SSSR count). The van der Waals surface area contributed by atoms with Gasteiger partial charge in [0.25, 0.3) is 5.91 Å². The van der Waals surface area contributed by atoms with Crippen LogP contribution in [0.15, 0.2) is 55.1 Å². The number of Topliss-reactive ketones (excluding diaryl/α,β-unsaturated/α-hetero) is 1. The number of ether oxygens (including phenoxy) is 4. The molecule has 0 saturated carbocycles. The van der Waals surface area contributed by atoms with Gasteiger partial charge in [0.05, 0.1) is 19.1 Å². The Bertz CT molecular complexity index is 1010. The van der Waals surface area contributed by atoms with Crippen molar-refractivity contribution in [2.75, 3.05) is 33.4 Å². The fourth-order valence-electron chi connectivity index (χ4n) is 4.11. The zero-order chi connectivity index (χ0) is 22.6. The first-order valence-corrected chi connectivity index (χ1v) is 10.7. The standard InChI is InChI=1S/C25H27NO6/c1-3-14-30-22-6-4-5-7-23(22)31-17-24(28)26-12-10-25(11-13-26)16-20(27)19-15-18(29-2)8-9-21(19)32-25/h3-9,15H,1,10-14,16-17H2,2H3. The van der Waals surface area contributed by atoms with Gasteiger partial charge in [0.2, 0.25) is 0 Å². The second kappa shape index (κ2) is 9.34. The maximum Gasteiger partial charge on any atom is 0.260 e. The summed E-state index contributed by atoms with van der Waals surface area (Å²) >= 11 is 0. The molecule has 2 aromatic carbocycles. The maximum absolute atomic E-state index is 12.8. The van der Waals surface area contributed by atoms with Gasteiger partial charge in [-0.1, -0.05) is 24.8 Å². The number of hydrogen-bond donors (Lipinski definition) is 0. The average molecular weight is 437 g/mol. The highest BCUT2D eigenvalue weighted by Crippen LogP contribution is 2.40. The summed E-state index contributed by atoms with van der Waals surface area (Å²) in [6.07, 6.45) is 3.14. The Morgan fingerprint density at radius 2 is 1.88 bits per heavy atom. The van der Waals surface area contributed by atoms with Crippen LogP contribution < -0.4 is 18.9 Å². The summed E-state index contributed by atoms with van der Waals surface area (Å²) in [5.74, 6) is 2.25. The molecule has 0 aromatic heterocycles. The van der Waals surface area contributed by atoms with E-state index < -0.39 is 5.60 Å². The number of carbonyl (C=O) groups excluding carboxylic acids is 2. The van der Waals surface area contributed by atoms with Crippen LogP contribution in [0.5, 0.6) is 23.0 Å². The van der Waals surface area contributed by atoms with Crippen LogP contribution in [0.4, 0.5) is 0 Å². The Morgan fingerprint density at radius 1 is 1.16 bits per heavy atom. The lowest BCUT2D eigenvalue weighted by Gasteiger charge is -2.43. The maximum atomic E-state index is 12.8. The summed E-state index contributed by atoms with van der Waals surface area (Å²) in [7, 11) is 1.57. The number of rotatable bonds is 7. The lowest BCUT2D eigenvalue weighted by Crippen LogP contribution is -2.53. The molecule has 7 heteroatoms. The Labute approximate surface area is 187 Å². The molecular formula is C25H27NO6. The third kappa shape index (κ3) is 4.56. The third-order valence-corrected chi connectivity index (χ3v) is 5.88. The molecule has 1 saturated heterocycles. The highest BCUT2D eigenvalue weighted by Gasteiger charge is 2.43. The van der Waals surface area contributed by atoms with E-state index in [1.54, 1.807) is 48.4 Å². The van der Waals surface area contributed by atoms with Crippen LogP contribution in [0.2, 0.25) is 0 Å². The Hall–Kier alpha value is -3.48. The van der Waals surface area contributed by atoms with Gasteiger partial charge in [0.1, 0.15) is 23.7 Å². The van der Waals surface area contributed by atoms with Crippen LogP contribution >= 0.6 is 0 Å². The highest BCUT2D eigenvalue weighted by molar-refractivity contribution is 6.00. The van der Waals surface area contributed by atoms with Gasteiger partial charge in [0, 0.05) is 25.9 Å². The monoisotopic (exact) mass is 437 g/mol. The molecule has 1 amide bonds. The van der Waals surface area contributed by atoms with Crippen molar-refractivity contribution < 1.29 is 28.5 Å². The van der Waals surface area contributed by atoms with E-state index in [0.717, 1.165) is 0 Å². The first-order chi connectivity index (χ1) is 15.5. The van der Waals surface area contributed by atoms with Crippen LogP contribution in [0, 0.1) is 0 Å². The Kier molecular flexibility index (Phi) is 6.35. The van der Waals surface area contributed by atoms with E-state index in [2.05, 4.69) is 6.58 Å². The molecule has 168 valence electrons. The predicted molar refractivity (Wildman–Crippen MR) is 119 cm³/mol. The van der Waals surface area contributed by atoms with Crippen molar-refractivity contribution in [1.29, 1.82) is 0 Å². The number of methoxy groups -OCH3 is 1. The zero-order valence-corrected chi connectivity index (χ0v) is 18.2. The lowest BCUT2D eigenvalue weighted by atomic mass is 9.82. The number of amides is 1. The van der Waals surface area contributed by atoms with E-state index in [4.69, 9.17) is 18.9 Å². The summed E-state index contributed by atoms with van der Waals surface area (Å²) in [5, 5.41) is 0. The van der Waals surface area contributed by atoms with Crippen molar-refractivity contribution in [3.05, 3.63) is 60.7 Å². The van der Waals surface area contributed by atoms with Crippen LogP contribution in [-0.2, 0) is 4.79 Å². The number of para-hydroxylation sites is 2. The van der Waals surface area contributed by atoms with Gasteiger partial charge < -0.3 is 23.8 Å². The van der Waals surface area contributed by atoms with Crippen molar-refractivity contribution in [3.8, 4) is 23.0 Å². The van der Waals surface area contributed by atoms with Crippen LogP contribution in [-0.4, -0.2) is 55.6 Å². The number of ketones is 1. The summed E-state index contributed by atoms with van der Waals surface area (Å²) in [6, 6.07) is 12.5. The van der Waals surface area contributed by atoms with Gasteiger partial charge >= 0.3 is 0 Å². The van der Waals surface area contributed by atoms with Crippen molar-refractivity contribution in [3.63, 3.8) is 0 Å². The molecule has 0 bridgehead atoms. The normalized spacial score (nSPS) is 16.7. The molecular weight excluding hydrogens is 410 g/mol.